The van der Waals surface area contributed by atoms with Gasteiger partial charge in [-0.25, -0.2) is 13.2 Å². The van der Waals surface area contributed by atoms with Gasteiger partial charge in [0.2, 0.25) is 0 Å². The fraction of sp³-hybridized carbons (Fsp3) is 0.0476. The number of benzene rings is 3. The van der Waals surface area contributed by atoms with Crippen LogP contribution in [0.15, 0.2) is 76.4 Å². The van der Waals surface area contributed by atoms with Crippen molar-refractivity contribution in [3.05, 3.63) is 93.4 Å². The number of hydrogen-bond donors (Lipinski definition) is 4. The van der Waals surface area contributed by atoms with E-state index in [1.807, 2.05) is 12.1 Å². The van der Waals surface area contributed by atoms with E-state index >= 15 is 0 Å². The van der Waals surface area contributed by atoms with Gasteiger partial charge in [0.25, 0.3) is 15.9 Å². The molecule has 31 heavy (non-hydrogen) atoms. The lowest BCUT2D eigenvalue weighted by atomic mass is 10.2. The van der Waals surface area contributed by atoms with Gasteiger partial charge in [0.05, 0.1) is 15.9 Å². The van der Waals surface area contributed by atoms with Crippen LogP contribution in [0.1, 0.15) is 15.9 Å². The van der Waals surface area contributed by atoms with Crippen molar-refractivity contribution in [2.75, 3.05) is 4.72 Å². The summed E-state index contributed by atoms with van der Waals surface area (Å²) in [6.07, 6.45) is 0. The summed E-state index contributed by atoms with van der Waals surface area (Å²) in [6, 6.07) is 17.5. The van der Waals surface area contributed by atoms with Crippen molar-refractivity contribution in [1.82, 2.24) is 15.3 Å². The highest BCUT2D eigenvalue weighted by Crippen LogP contribution is 2.19. The molecule has 8 nitrogen and oxygen atoms in total. The first-order chi connectivity index (χ1) is 14.8. The van der Waals surface area contributed by atoms with Crippen molar-refractivity contribution in [2.24, 2.45) is 0 Å². The van der Waals surface area contributed by atoms with Crippen LogP contribution in [0.3, 0.4) is 0 Å². The van der Waals surface area contributed by atoms with E-state index in [2.05, 4.69) is 20.0 Å². The smallest absolute Gasteiger partial charge is 0.323 e. The lowest BCUT2D eigenvalue weighted by molar-refractivity contribution is 0.0951. The first kappa shape index (κ1) is 20.7. The van der Waals surface area contributed by atoms with Gasteiger partial charge >= 0.3 is 5.69 Å². The molecule has 0 saturated heterocycles. The number of amides is 1. The number of fused-ring (bicyclic) bond motifs is 1. The van der Waals surface area contributed by atoms with Gasteiger partial charge in [0.15, 0.2) is 0 Å². The van der Waals surface area contributed by atoms with Crippen molar-refractivity contribution in [3.8, 4) is 0 Å². The average Bonchev–Trinajstić information content (AvgIpc) is 3.12. The van der Waals surface area contributed by atoms with Crippen molar-refractivity contribution >= 4 is 44.3 Å². The molecule has 0 aliphatic carbocycles. The van der Waals surface area contributed by atoms with Crippen LogP contribution in [-0.4, -0.2) is 24.3 Å². The second kappa shape index (κ2) is 8.29. The fourth-order valence-electron chi connectivity index (χ4n) is 2.97. The molecular weight excluding hydrogens is 440 g/mol. The average molecular weight is 457 g/mol. The summed E-state index contributed by atoms with van der Waals surface area (Å²) in [4.78, 5) is 28.8. The van der Waals surface area contributed by atoms with Gasteiger partial charge in [-0.3, -0.25) is 9.52 Å². The van der Waals surface area contributed by atoms with E-state index in [-0.39, 0.29) is 10.8 Å². The monoisotopic (exact) mass is 456 g/mol. The van der Waals surface area contributed by atoms with Gasteiger partial charge < -0.3 is 15.3 Å². The second-order valence-electron chi connectivity index (χ2n) is 6.78. The summed E-state index contributed by atoms with van der Waals surface area (Å²) >= 11 is 5.85. The largest absolute Gasteiger partial charge is 0.348 e. The Kier molecular flexibility index (Phi) is 5.53. The SMILES string of the molecule is O=C(NCc1ccc(Cl)cc1)c1ccc(NS(=O)(=O)c2ccc3[nH]c(=O)[nH]c3c2)cc1. The highest BCUT2D eigenvalue weighted by molar-refractivity contribution is 7.92. The molecule has 0 bridgehead atoms. The molecule has 158 valence electrons. The maximum absolute atomic E-state index is 12.7. The topological polar surface area (TPSA) is 124 Å². The molecular formula is C21H17ClN4O4S. The summed E-state index contributed by atoms with van der Waals surface area (Å²) in [5.41, 5.74) is 2.09. The Hall–Kier alpha value is -3.56. The van der Waals surface area contributed by atoms with E-state index in [0.717, 1.165) is 5.56 Å². The molecule has 1 heterocycles. The summed E-state index contributed by atoms with van der Waals surface area (Å²) in [7, 11) is -3.88. The molecule has 0 radical (unpaired) electrons. The Morgan fingerprint density at radius 1 is 0.903 bits per heavy atom. The number of aromatic nitrogens is 2. The van der Waals surface area contributed by atoms with Gasteiger partial charge in [-0.2, -0.15) is 0 Å². The molecule has 0 aliphatic heterocycles. The van der Waals surface area contributed by atoms with E-state index in [1.165, 1.54) is 42.5 Å². The predicted molar refractivity (Wildman–Crippen MR) is 119 cm³/mol. The molecule has 1 amide bonds. The molecule has 4 N–H and O–H groups in total. The van der Waals surface area contributed by atoms with Crippen LogP contribution in [0, 0.1) is 0 Å². The molecule has 0 aliphatic rings. The minimum absolute atomic E-state index is 0.0000316. The molecule has 0 fully saturated rings. The van der Waals surface area contributed by atoms with Gasteiger partial charge in [-0.15, -0.1) is 0 Å². The fourth-order valence-corrected chi connectivity index (χ4v) is 4.18. The van der Waals surface area contributed by atoms with E-state index in [9.17, 15) is 18.0 Å². The number of H-pyrrole nitrogens is 2. The van der Waals surface area contributed by atoms with Crippen molar-refractivity contribution in [1.29, 1.82) is 0 Å². The molecule has 0 unspecified atom stereocenters. The number of carbonyl (C=O) groups excluding carboxylic acids is 1. The zero-order chi connectivity index (χ0) is 22.0. The number of carbonyl (C=O) groups is 1. The number of imidazole rings is 1. The summed E-state index contributed by atoms with van der Waals surface area (Å²) < 4.78 is 27.8. The Bertz CT molecular complexity index is 1410. The van der Waals surface area contributed by atoms with Crippen molar-refractivity contribution in [2.45, 2.75) is 11.4 Å². The van der Waals surface area contributed by atoms with Gasteiger partial charge in [-0.05, 0) is 60.2 Å². The van der Waals surface area contributed by atoms with Crippen LogP contribution >= 0.6 is 11.6 Å². The van der Waals surface area contributed by atoms with Crippen molar-refractivity contribution in [3.63, 3.8) is 0 Å². The van der Waals surface area contributed by atoms with E-state index in [0.29, 0.717) is 33.9 Å². The number of hydrogen-bond acceptors (Lipinski definition) is 4. The maximum atomic E-state index is 12.7. The quantitative estimate of drug-likeness (QED) is 0.355. The molecule has 4 rings (SSSR count). The number of halogens is 1. The lowest BCUT2D eigenvalue weighted by Gasteiger charge is -2.09. The summed E-state index contributed by atoms with van der Waals surface area (Å²) in [6.45, 7) is 0.341. The highest BCUT2D eigenvalue weighted by Gasteiger charge is 2.16. The third-order valence-corrected chi connectivity index (χ3v) is 6.19. The minimum Gasteiger partial charge on any atom is -0.348 e. The van der Waals surface area contributed by atoms with Crippen LogP contribution in [-0.2, 0) is 16.6 Å². The Labute approximate surface area is 182 Å². The first-order valence-electron chi connectivity index (χ1n) is 9.18. The van der Waals surface area contributed by atoms with Crippen LogP contribution in [0.5, 0.6) is 0 Å². The molecule has 3 aromatic carbocycles. The standard InChI is InChI=1S/C21H17ClN4O4S/c22-15-5-1-13(2-6-15)12-23-20(27)14-3-7-16(8-4-14)26-31(29,30)17-9-10-18-19(11-17)25-21(28)24-18/h1-11,26H,12H2,(H,23,27)(H2,24,25,28). The molecule has 1 aromatic heterocycles. The Morgan fingerprint density at radius 3 is 2.29 bits per heavy atom. The molecule has 0 spiro atoms. The Morgan fingerprint density at radius 2 is 1.58 bits per heavy atom. The zero-order valence-electron chi connectivity index (χ0n) is 16.0. The Balaban J connectivity index is 1.43. The number of rotatable bonds is 6. The summed E-state index contributed by atoms with van der Waals surface area (Å²) in [5.74, 6) is -0.286. The summed E-state index contributed by atoms with van der Waals surface area (Å²) in [5, 5.41) is 3.41. The number of nitrogens with one attached hydrogen (secondary N) is 4. The molecule has 4 aromatic rings. The third-order valence-electron chi connectivity index (χ3n) is 4.56. The number of aromatic amines is 2. The lowest BCUT2D eigenvalue weighted by Crippen LogP contribution is -2.22. The van der Waals surface area contributed by atoms with Gasteiger partial charge in [-0.1, -0.05) is 23.7 Å². The van der Waals surface area contributed by atoms with E-state index < -0.39 is 15.7 Å². The minimum atomic E-state index is -3.88. The third kappa shape index (κ3) is 4.79. The number of anilines is 1. The van der Waals surface area contributed by atoms with Gasteiger partial charge in [0.1, 0.15) is 0 Å². The first-order valence-corrected chi connectivity index (χ1v) is 11.0. The second-order valence-corrected chi connectivity index (χ2v) is 8.90. The predicted octanol–water partition coefficient (Wildman–Crippen LogP) is 3.24. The van der Waals surface area contributed by atoms with Gasteiger partial charge in [0, 0.05) is 22.8 Å². The highest BCUT2D eigenvalue weighted by atomic mass is 35.5. The van der Waals surface area contributed by atoms with Crippen LogP contribution in [0.25, 0.3) is 11.0 Å². The zero-order valence-corrected chi connectivity index (χ0v) is 17.5. The van der Waals surface area contributed by atoms with E-state index in [1.54, 1.807) is 12.1 Å². The van der Waals surface area contributed by atoms with Crippen LogP contribution in [0.4, 0.5) is 5.69 Å². The number of sulfonamides is 1. The molecule has 0 saturated carbocycles. The molecule has 0 atom stereocenters. The molecule has 10 heteroatoms. The maximum Gasteiger partial charge on any atom is 0.323 e. The van der Waals surface area contributed by atoms with Crippen molar-refractivity contribution < 1.29 is 13.2 Å². The van der Waals surface area contributed by atoms with Crippen LogP contribution in [0.2, 0.25) is 5.02 Å². The van der Waals surface area contributed by atoms with Crippen LogP contribution < -0.4 is 15.7 Å². The van der Waals surface area contributed by atoms with E-state index in [4.69, 9.17) is 11.6 Å². The normalized spacial score (nSPS) is 11.4.